The Labute approximate surface area is 95.6 Å². The van der Waals surface area contributed by atoms with E-state index in [0.29, 0.717) is 6.04 Å². The predicted molar refractivity (Wildman–Crippen MR) is 64.4 cm³/mol. The van der Waals surface area contributed by atoms with Crippen molar-refractivity contribution in [1.82, 2.24) is 15.1 Å². The third kappa shape index (κ3) is 2.06. The third-order valence-corrected chi connectivity index (χ3v) is 3.55. The van der Waals surface area contributed by atoms with Gasteiger partial charge in [0.2, 0.25) is 0 Å². The van der Waals surface area contributed by atoms with Crippen LogP contribution in [-0.2, 0) is 13.0 Å². The molecule has 0 fully saturated rings. The first-order valence-electron chi connectivity index (χ1n) is 5.59. The molecule has 0 spiro atoms. The fraction of sp³-hybridized carbons (Fsp3) is 0.727. The highest BCUT2D eigenvalue weighted by Crippen LogP contribution is 2.27. The molecule has 0 saturated heterocycles. The second-order valence-corrected chi connectivity index (χ2v) is 5.05. The zero-order valence-corrected chi connectivity index (χ0v) is 10.5. The summed E-state index contributed by atoms with van der Waals surface area (Å²) >= 11 is 1.76. The highest BCUT2D eigenvalue weighted by Gasteiger charge is 2.19. The van der Waals surface area contributed by atoms with E-state index >= 15 is 0 Å². The Morgan fingerprint density at radius 2 is 2.27 bits per heavy atom. The maximum atomic E-state index is 4.69. The lowest BCUT2D eigenvalue weighted by Crippen LogP contribution is -2.12. The van der Waals surface area contributed by atoms with E-state index in [-0.39, 0.29) is 0 Å². The lowest BCUT2D eigenvalue weighted by Gasteiger charge is -2.10. The molecular formula is C11H19N3S. The van der Waals surface area contributed by atoms with Crippen LogP contribution < -0.4 is 5.32 Å². The van der Waals surface area contributed by atoms with Crippen LogP contribution in [0.15, 0.2) is 5.03 Å². The quantitative estimate of drug-likeness (QED) is 0.783. The van der Waals surface area contributed by atoms with Crippen molar-refractivity contribution in [1.29, 1.82) is 0 Å². The molecule has 3 nitrogen and oxygen atoms in total. The summed E-state index contributed by atoms with van der Waals surface area (Å²) in [6, 6.07) is 0.470. The summed E-state index contributed by atoms with van der Waals surface area (Å²) in [4.78, 5) is 0. The molecule has 2 rings (SSSR count). The van der Waals surface area contributed by atoms with Crippen molar-refractivity contribution in [2.75, 3.05) is 12.8 Å². The van der Waals surface area contributed by atoms with E-state index in [1.807, 2.05) is 0 Å². The molecule has 2 heterocycles. The van der Waals surface area contributed by atoms with E-state index in [4.69, 9.17) is 5.10 Å². The largest absolute Gasteiger partial charge is 0.312 e. The minimum atomic E-state index is 0.470. The first kappa shape index (κ1) is 11.0. The minimum Gasteiger partial charge on any atom is -0.312 e. The van der Waals surface area contributed by atoms with Gasteiger partial charge in [0.05, 0.1) is 0 Å². The molecule has 1 aliphatic heterocycles. The van der Waals surface area contributed by atoms with Crippen molar-refractivity contribution >= 4 is 11.8 Å². The molecular weight excluding hydrogens is 206 g/mol. The number of thioether (sulfide) groups is 1. The summed E-state index contributed by atoms with van der Waals surface area (Å²) in [5, 5.41) is 9.36. The number of fused-ring (bicyclic) bond motifs is 1. The summed E-state index contributed by atoms with van der Waals surface area (Å²) in [5.41, 5.74) is 2.87. The van der Waals surface area contributed by atoms with Gasteiger partial charge in [-0.15, -0.1) is 11.8 Å². The maximum Gasteiger partial charge on any atom is 0.123 e. The topological polar surface area (TPSA) is 29.9 Å². The van der Waals surface area contributed by atoms with Gasteiger partial charge in [-0.1, -0.05) is 0 Å². The van der Waals surface area contributed by atoms with Gasteiger partial charge in [0.1, 0.15) is 5.03 Å². The zero-order chi connectivity index (χ0) is 10.8. The zero-order valence-electron chi connectivity index (χ0n) is 9.71. The Morgan fingerprint density at radius 1 is 1.47 bits per heavy atom. The molecule has 1 aromatic heterocycles. The Hall–Kier alpha value is -0.480. The number of hydrogen-bond acceptors (Lipinski definition) is 3. The lowest BCUT2D eigenvalue weighted by molar-refractivity contribution is 0.497. The molecule has 0 amide bonds. The van der Waals surface area contributed by atoms with E-state index in [1.165, 1.54) is 22.7 Å². The normalized spacial score (nSPS) is 16.5. The molecule has 15 heavy (non-hydrogen) atoms. The van der Waals surface area contributed by atoms with Crippen LogP contribution in [0.5, 0.6) is 0 Å². The van der Waals surface area contributed by atoms with Crippen molar-refractivity contribution in [3.63, 3.8) is 0 Å². The summed E-state index contributed by atoms with van der Waals surface area (Å²) < 4.78 is 2.20. The van der Waals surface area contributed by atoms with Crippen LogP contribution in [0, 0.1) is 0 Å². The van der Waals surface area contributed by atoms with Gasteiger partial charge in [-0.3, -0.25) is 4.68 Å². The predicted octanol–water partition coefficient (Wildman–Crippen LogP) is 2.22. The Bertz CT molecular complexity index is 344. The molecule has 1 N–H and O–H groups in total. The summed E-state index contributed by atoms with van der Waals surface area (Å²) in [5.74, 6) is 0. The van der Waals surface area contributed by atoms with Crippen molar-refractivity contribution in [2.45, 2.75) is 44.3 Å². The van der Waals surface area contributed by atoms with Gasteiger partial charge in [0.25, 0.3) is 0 Å². The summed E-state index contributed by atoms with van der Waals surface area (Å²) in [6.07, 6.45) is 4.49. The van der Waals surface area contributed by atoms with E-state index in [9.17, 15) is 0 Å². The number of hydrogen-bond donors (Lipinski definition) is 1. The Morgan fingerprint density at radius 3 is 2.93 bits per heavy atom. The van der Waals surface area contributed by atoms with E-state index < -0.39 is 0 Å². The van der Waals surface area contributed by atoms with E-state index in [2.05, 4.69) is 30.1 Å². The molecule has 4 heteroatoms. The molecule has 0 radical (unpaired) electrons. The average Bonchev–Trinajstić information content (AvgIpc) is 2.41. The SMILES string of the molecule is CSc1nn(C(C)C)c2c1CNCCC2. The summed E-state index contributed by atoms with van der Waals surface area (Å²) in [7, 11) is 0. The van der Waals surface area contributed by atoms with Gasteiger partial charge >= 0.3 is 0 Å². The van der Waals surface area contributed by atoms with Gasteiger partial charge in [-0.25, -0.2) is 0 Å². The molecule has 84 valence electrons. The monoisotopic (exact) mass is 225 g/mol. The van der Waals surface area contributed by atoms with E-state index in [1.54, 1.807) is 11.8 Å². The Kier molecular flexibility index (Phi) is 3.36. The first-order valence-corrected chi connectivity index (χ1v) is 6.81. The minimum absolute atomic E-state index is 0.470. The maximum absolute atomic E-state index is 4.69. The second-order valence-electron chi connectivity index (χ2n) is 4.25. The van der Waals surface area contributed by atoms with Gasteiger partial charge in [0.15, 0.2) is 0 Å². The van der Waals surface area contributed by atoms with Crippen molar-refractivity contribution in [2.24, 2.45) is 0 Å². The fourth-order valence-corrected chi connectivity index (χ4v) is 2.71. The molecule has 0 unspecified atom stereocenters. The number of nitrogens with zero attached hydrogens (tertiary/aromatic N) is 2. The molecule has 0 bridgehead atoms. The van der Waals surface area contributed by atoms with Gasteiger partial charge in [-0.05, 0) is 39.5 Å². The molecule has 0 aromatic carbocycles. The Balaban J connectivity index is 2.45. The van der Waals surface area contributed by atoms with Gasteiger partial charge in [-0.2, -0.15) is 5.10 Å². The molecule has 0 atom stereocenters. The van der Waals surface area contributed by atoms with Crippen LogP contribution >= 0.6 is 11.8 Å². The van der Waals surface area contributed by atoms with Crippen molar-refractivity contribution in [3.8, 4) is 0 Å². The number of aromatic nitrogens is 2. The van der Waals surface area contributed by atoms with Crippen LogP contribution in [-0.4, -0.2) is 22.6 Å². The molecule has 0 aliphatic carbocycles. The highest BCUT2D eigenvalue weighted by molar-refractivity contribution is 7.98. The number of rotatable bonds is 2. The number of nitrogens with one attached hydrogen (secondary N) is 1. The van der Waals surface area contributed by atoms with Crippen molar-refractivity contribution < 1.29 is 0 Å². The average molecular weight is 225 g/mol. The van der Waals surface area contributed by atoms with Gasteiger partial charge < -0.3 is 5.32 Å². The van der Waals surface area contributed by atoms with Crippen LogP contribution in [0.1, 0.15) is 37.6 Å². The molecule has 1 aliphatic rings. The lowest BCUT2D eigenvalue weighted by atomic mass is 10.2. The van der Waals surface area contributed by atoms with Crippen LogP contribution in [0.25, 0.3) is 0 Å². The van der Waals surface area contributed by atoms with Crippen LogP contribution in [0.4, 0.5) is 0 Å². The fourth-order valence-electron chi connectivity index (χ4n) is 2.11. The second kappa shape index (κ2) is 4.58. The molecule has 1 aromatic rings. The first-order chi connectivity index (χ1) is 7.24. The van der Waals surface area contributed by atoms with Gasteiger partial charge in [0, 0.05) is 23.8 Å². The third-order valence-electron chi connectivity index (χ3n) is 2.83. The van der Waals surface area contributed by atoms with Crippen LogP contribution in [0.2, 0.25) is 0 Å². The van der Waals surface area contributed by atoms with E-state index in [0.717, 1.165) is 19.5 Å². The standard InChI is InChI=1S/C11H19N3S/c1-8(2)14-10-5-4-6-12-7-9(10)11(13-14)15-3/h8,12H,4-7H2,1-3H3. The van der Waals surface area contributed by atoms with Crippen molar-refractivity contribution in [3.05, 3.63) is 11.3 Å². The highest BCUT2D eigenvalue weighted by atomic mass is 32.2. The summed E-state index contributed by atoms with van der Waals surface area (Å²) in [6.45, 7) is 6.52. The molecule has 0 saturated carbocycles. The smallest absolute Gasteiger partial charge is 0.123 e. The van der Waals surface area contributed by atoms with Crippen LogP contribution in [0.3, 0.4) is 0 Å².